The first-order valence-electron chi connectivity index (χ1n) is 10.9. The number of nitrogens with zero attached hydrogens (tertiary/aromatic N) is 3. The number of piperazine rings is 1. The summed E-state index contributed by atoms with van der Waals surface area (Å²) in [5.74, 6) is 0.898. The Bertz CT molecular complexity index is 1020. The van der Waals surface area contributed by atoms with Crippen molar-refractivity contribution in [1.29, 1.82) is 0 Å². The van der Waals surface area contributed by atoms with Gasteiger partial charge in [-0.2, -0.15) is 0 Å². The van der Waals surface area contributed by atoms with E-state index < -0.39 is 0 Å². The van der Waals surface area contributed by atoms with Crippen LogP contribution in [0.5, 0.6) is 5.75 Å². The molecule has 1 saturated heterocycles. The second kappa shape index (κ2) is 8.82. The Hall–Kier alpha value is -3.31. The van der Waals surface area contributed by atoms with Crippen molar-refractivity contribution >= 4 is 17.3 Å². The number of amides is 1. The topological polar surface area (TPSA) is 36.0 Å². The fourth-order valence-electron chi connectivity index (χ4n) is 4.49. The molecule has 2 aliphatic heterocycles. The molecule has 2 heterocycles. The number of ether oxygens (including phenoxy) is 1. The predicted molar refractivity (Wildman–Crippen MR) is 124 cm³/mol. The van der Waals surface area contributed by atoms with Gasteiger partial charge >= 0.3 is 0 Å². The second-order valence-electron chi connectivity index (χ2n) is 8.07. The Morgan fingerprint density at radius 1 is 0.806 bits per heavy atom. The Morgan fingerprint density at radius 3 is 2.19 bits per heavy atom. The maximum atomic E-state index is 13.6. The monoisotopic (exact) mass is 413 g/mol. The Kier molecular flexibility index (Phi) is 5.59. The molecule has 3 aromatic carbocycles. The number of carbonyl (C=O) groups excluding carboxylic acids is 1. The van der Waals surface area contributed by atoms with Crippen molar-refractivity contribution in [2.45, 2.75) is 6.04 Å². The summed E-state index contributed by atoms with van der Waals surface area (Å²) in [7, 11) is 0. The summed E-state index contributed by atoms with van der Waals surface area (Å²) >= 11 is 0. The first kappa shape index (κ1) is 19.6. The largest absolute Gasteiger partial charge is 0.489 e. The molecule has 0 N–H and O–H groups in total. The van der Waals surface area contributed by atoms with Gasteiger partial charge in [-0.15, -0.1) is 0 Å². The van der Waals surface area contributed by atoms with Crippen LogP contribution in [0.4, 0.5) is 11.4 Å². The summed E-state index contributed by atoms with van der Waals surface area (Å²) < 4.78 is 6.01. The van der Waals surface area contributed by atoms with Crippen molar-refractivity contribution in [3.05, 3.63) is 90.5 Å². The quantitative estimate of drug-likeness (QED) is 0.648. The van der Waals surface area contributed by atoms with E-state index >= 15 is 0 Å². The van der Waals surface area contributed by atoms with Crippen LogP contribution in [-0.2, 0) is 4.79 Å². The van der Waals surface area contributed by atoms with Gasteiger partial charge in [0.15, 0.2) is 0 Å². The summed E-state index contributed by atoms with van der Waals surface area (Å²) in [5, 5.41) is 0. The molecular weight excluding hydrogens is 386 g/mol. The summed E-state index contributed by atoms with van der Waals surface area (Å²) in [6.45, 7) is 4.50. The van der Waals surface area contributed by atoms with Crippen molar-refractivity contribution < 1.29 is 9.53 Å². The lowest BCUT2D eigenvalue weighted by atomic mass is 10.0. The van der Waals surface area contributed by atoms with E-state index in [0.717, 1.165) is 43.2 Å². The molecule has 0 saturated carbocycles. The third-order valence-corrected chi connectivity index (χ3v) is 6.14. The normalized spacial score (nSPS) is 18.9. The minimum atomic E-state index is -0.116. The summed E-state index contributed by atoms with van der Waals surface area (Å²) in [6.07, 6.45) is 0. The van der Waals surface area contributed by atoms with Gasteiger partial charge in [-0.1, -0.05) is 60.7 Å². The molecule has 3 aromatic rings. The maximum Gasteiger partial charge on any atom is 0.241 e. The highest BCUT2D eigenvalue weighted by Crippen LogP contribution is 2.39. The molecule has 0 aromatic heterocycles. The number of fused-ring (bicyclic) bond motifs is 1. The lowest BCUT2D eigenvalue weighted by Gasteiger charge is -2.40. The third-order valence-electron chi connectivity index (χ3n) is 6.14. The van der Waals surface area contributed by atoms with Gasteiger partial charge in [0.2, 0.25) is 5.91 Å². The molecule has 5 nitrogen and oxygen atoms in total. The molecule has 0 spiro atoms. The van der Waals surface area contributed by atoms with Crippen LogP contribution < -0.4 is 14.5 Å². The third kappa shape index (κ3) is 4.14. The van der Waals surface area contributed by atoms with Crippen LogP contribution in [0.3, 0.4) is 0 Å². The van der Waals surface area contributed by atoms with E-state index in [-0.39, 0.29) is 11.9 Å². The van der Waals surface area contributed by atoms with Crippen LogP contribution in [0.25, 0.3) is 0 Å². The molecule has 1 fully saturated rings. The summed E-state index contributed by atoms with van der Waals surface area (Å²) in [5.41, 5.74) is 3.20. The Labute approximate surface area is 183 Å². The molecule has 1 amide bonds. The van der Waals surface area contributed by atoms with E-state index in [0.29, 0.717) is 13.2 Å². The zero-order chi connectivity index (χ0) is 21.0. The fourth-order valence-corrected chi connectivity index (χ4v) is 4.49. The molecule has 1 atom stereocenters. The number of hydrogen-bond acceptors (Lipinski definition) is 4. The molecule has 0 aliphatic carbocycles. The first-order valence-corrected chi connectivity index (χ1v) is 10.9. The van der Waals surface area contributed by atoms with E-state index in [1.54, 1.807) is 0 Å². The zero-order valence-corrected chi connectivity index (χ0v) is 17.6. The zero-order valence-electron chi connectivity index (χ0n) is 17.6. The van der Waals surface area contributed by atoms with E-state index in [1.807, 2.05) is 53.4 Å². The average molecular weight is 414 g/mol. The van der Waals surface area contributed by atoms with Crippen molar-refractivity contribution in [3.63, 3.8) is 0 Å². The van der Waals surface area contributed by atoms with Gasteiger partial charge in [0.05, 0.1) is 18.3 Å². The van der Waals surface area contributed by atoms with Gasteiger partial charge in [0.1, 0.15) is 12.4 Å². The number of carbonyl (C=O) groups is 1. The fraction of sp³-hybridized carbons (Fsp3) is 0.269. The number of anilines is 2. The van der Waals surface area contributed by atoms with Gasteiger partial charge in [-0.05, 0) is 29.8 Å². The Morgan fingerprint density at radius 2 is 1.45 bits per heavy atom. The van der Waals surface area contributed by atoms with E-state index in [1.165, 1.54) is 5.69 Å². The number of rotatable bonds is 4. The van der Waals surface area contributed by atoms with E-state index in [9.17, 15) is 4.79 Å². The molecular formula is C26H27N3O2. The summed E-state index contributed by atoms with van der Waals surface area (Å²) in [6, 6.07) is 28.4. The molecule has 158 valence electrons. The standard InChI is InChI=1S/C26H27N3O2/c30-26(19-27-15-17-28(18-16-27)22-11-5-2-6-12-22)29-23-13-7-8-14-25(23)31-20-24(29)21-9-3-1-4-10-21/h1-14,24H,15-20H2/t24-/m1/s1. The second-order valence-corrected chi connectivity index (χ2v) is 8.07. The molecule has 31 heavy (non-hydrogen) atoms. The van der Waals surface area contributed by atoms with Crippen LogP contribution in [0.1, 0.15) is 11.6 Å². The smallest absolute Gasteiger partial charge is 0.241 e. The van der Waals surface area contributed by atoms with Crippen molar-refractivity contribution in [1.82, 2.24) is 4.90 Å². The van der Waals surface area contributed by atoms with E-state index in [2.05, 4.69) is 46.2 Å². The average Bonchev–Trinajstić information content (AvgIpc) is 2.85. The molecule has 0 bridgehead atoms. The molecule has 0 unspecified atom stereocenters. The minimum absolute atomic E-state index is 0.116. The van der Waals surface area contributed by atoms with Crippen molar-refractivity contribution in [2.24, 2.45) is 0 Å². The Balaban J connectivity index is 1.32. The van der Waals surface area contributed by atoms with Crippen molar-refractivity contribution in [2.75, 3.05) is 49.1 Å². The predicted octanol–water partition coefficient (Wildman–Crippen LogP) is 3.98. The number of hydrogen-bond donors (Lipinski definition) is 0. The number of para-hydroxylation sites is 3. The lowest BCUT2D eigenvalue weighted by molar-refractivity contribution is -0.120. The molecule has 5 heteroatoms. The molecule has 5 rings (SSSR count). The molecule has 0 radical (unpaired) electrons. The van der Waals surface area contributed by atoms with Gasteiger partial charge in [0, 0.05) is 31.9 Å². The van der Waals surface area contributed by atoms with E-state index in [4.69, 9.17) is 4.74 Å². The SMILES string of the molecule is O=C(CN1CCN(c2ccccc2)CC1)N1c2ccccc2OC[C@@H]1c1ccccc1. The number of benzene rings is 3. The van der Waals surface area contributed by atoms with Gasteiger partial charge in [-0.3, -0.25) is 14.6 Å². The minimum Gasteiger partial charge on any atom is -0.489 e. The lowest BCUT2D eigenvalue weighted by Crippen LogP contribution is -2.51. The van der Waals surface area contributed by atoms with Gasteiger partial charge in [0.25, 0.3) is 0 Å². The van der Waals surface area contributed by atoms with Crippen LogP contribution in [0.15, 0.2) is 84.9 Å². The first-order chi connectivity index (χ1) is 15.3. The van der Waals surface area contributed by atoms with Gasteiger partial charge < -0.3 is 9.64 Å². The maximum absolute atomic E-state index is 13.6. The molecule has 2 aliphatic rings. The van der Waals surface area contributed by atoms with Crippen LogP contribution in [0.2, 0.25) is 0 Å². The van der Waals surface area contributed by atoms with Crippen LogP contribution in [-0.4, -0.2) is 50.1 Å². The van der Waals surface area contributed by atoms with Gasteiger partial charge in [-0.25, -0.2) is 0 Å². The highest BCUT2D eigenvalue weighted by molar-refractivity contribution is 5.97. The van der Waals surface area contributed by atoms with Crippen LogP contribution >= 0.6 is 0 Å². The van der Waals surface area contributed by atoms with Crippen LogP contribution in [0, 0.1) is 0 Å². The van der Waals surface area contributed by atoms with Crippen molar-refractivity contribution in [3.8, 4) is 5.75 Å². The highest BCUT2D eigenvalue weighted by Gasteiger charge is 2.34. The summed E-state index contributed by atoms with van der Waals surface area (Å²) in [4.78, 5) is 20.2. The highest BCUT2D eigenvalue weighted by atomic mass is 16.5.